The highest BCUT2D eigenvalue weighted by Crippen LogP contribution is 2.24. The lowest BCUT2D eigenvalue weighted by molar-refractivity contribution is 0.0460. The summed E-state index contributed by atoms with van der Waals surface area (Å²) in [6.45, 7) is 8.73. The van der Waals surface area contributed by atoms with Gasteiger partial charge in [-0.1, -0.05) is 41.0 Å². The van der Waals surface area contributed by atoms with Crippen molar-refractivity contribution in [2.24, 2.45) is 5.92 Å². The summed E-state index contributed by atoms with van der Waals surface area (Å²) in [5.41, 5.74) is 0.888. The van der Waals surface area contributed by atoms with Gasteiger partial charge in [-0.05, 0) is 30.2 Å². The molecule has 0 aliphatic heterocycles. The predicted molar refractivity (Wildman–Crippen MR) is 100 cm³/mol. The van der Waals surface area contributed by atoms with E-state index in [1.165, 1.54) is 0 Å². The van der Waals surface area contributed by atoms with Crippen molar-refractivity contribution in [3.63, 3.8) is 0 Å². The molecular formula is C18H24BrN3O3. The Bertz CT molecular complexity index is 658. The van der Waals surface area contributed by atoms with Gasteiger partial charge in [0.1, 0.15) is 0 Å². The highest BCUT2D eigenvalue weighted by Gasteiger charge is 2.23. The first kappa shape index (κ1) is 19.8. The van der Waals surface area contributed by atoms with Gasteiger partial charge >= 0.3 is 0 Å². The van der Waals surface area contributed by atoms with E-state index in [9.17, 15) is 5.11 Å². The van der Waals surface area contributed by atoms with Gasteiger partial charge in [0.15, 0.2) is 0 Å². The summed E-state index contributed by atoms with van der Waals surface area (Å²) in [4.78, 5) is 4.50. The standard InChI is InChI=1S/C18H24BrN3O3/c1-4-9-24-11-15(23)10-20-16(12(2)3)18-21-17(22-25-18)13-5-7-14(19)8-6-13/h4-8,12,15-16,20,23H,1,9-11H2,2-3H3. The predicted octanol–water partition coefficient (Wildman–Crippen LogP) is 3.35. The van der Waals surface area contributed by atoms with Crippen LogP contribution in [-0.2, 0) is 4.74 Å². The summed E-state index contributed by atoms with van der Waals surface area (Å²) in [7, 11) is 0. The van der Waals surface area contributed by atoms with E-state index in [0.717, 1.165) is 10.0 Å². The fraction of sp³-hybridized carbons (Fsp3) is 0.444. The number of hydrogen-bond donors (Lipinski definition) is 2. The largest absolute Gasteiger partial charge is 0.389 e. The minimum Gasteiger partial charge on any atom is -0.389 e. The molecule has 1 aromatic heterocycles. The Labute approximate surface area is 156 Å². The monoisotopic (exact) mass is 409 g/mol. The third kappa shape index (κ3) is 6.04. The maximum absolute atomic E-state index is 9.97. The Morgan fingerprint density at radius 3 is 2.72 bits per heavy atom. The van der Waals surface area contributed by atoms with E-state index in [4.69, 9.17) is 9.26 Å². The molecule has 1 aromatic carbocycles. The lowest BCUT2D eigenvalue weighted by atomic mass is 10.0. The lowest BCUT2D eigenvalue weighted by Gasteiger charge is -2.20. The number of aromatic nitrogens is 2. The number of benzene rings is 1. The molecule has 0 aliphatic carbocycles. The second-order valence-electron chi connectivity index (χ2n) is 6.07. The van der Waals surface area contributed by atoms with Gasteiger partial charge in [0.2, 0.25) is 11.7 Å². The quantitative estimate of drug-likeness (QED) is 0.462. The van der Waals surface area contributed by atoms with E-state index >= 15 is 0 Å². The van der Waals surface area contributed by atoms with Crippen molar-refractivity contribution in [1.29, 1.82) is 0 Å². The number of rotatable bonds is 10. The van der Waals surface area contributed by atoms with Crippen LogP contribution in [0.2, 0.25) is 0 Å². The van der Waals surface area contributed by atoms with Gasteiger partial charge in [0.25, 0.3) is 0 Å². The summed E-state index contributed by atoms with van der Waals surface area (Å²) in [5, 5.41) is 17.3. The minimum atomic E-state index is -0.616. The third-order valence-electron chi connectivity index (χ3n) is 3.60. The molecule has 0 aliphatic rings. The fourth-order valence-corrected chi connectivity index (χ4v) is 2.56. The van der Waals surface area contributed by atoms with E-state index in [-0.39, 0.29) is 18.6 Å². The topological polar surface area (TPSA) is 80.4 Å². The van der Waals surface area contributed by atoms with Gasteiger partial charge in [0, 0.05) is 16.6 Å². The molecule has 0 spiro atoms. The molecule has 2 aromatic rings. The number of nitrogens with one attached hydrogen (secondary N) is 1. The van der Waals surface area contributed by atoms with Gasteiger partial charge in [-0.3, -0.25) is 0 Å². The molecule has 0 amide bonds. The maximum Gasteiger partial charge on any atom is 0.244 e. The molecule has 0 radical (unpaired) electrons. The first-order chi connectivity index (χ1) is 12.0. The normalized spacial score (nSPS) is 13.8. The zero-order chi connectivity index (χ0) is 18.2. The average molecular weight is 410 g/mol. The Hall–Kier alpha value is -1.54. The summed E-state index contributed by atoms with van der Waals surface area (Å²) < 4.78 is 11.7. The number of hydrogen-bond acceptors (Lipinski definition) is 6. The molecule has 2 N–H and O–H groups in total. The first-order valence-electron chi connectivity index (χ1n) is 8.21. The van der Waals surface area contributed by atoms with Crippen LogP contribution >= 0.6 is 15.9 Å². The second kappa shape index (κ2) is 9.82. The minimum absolute atomic E-state index is 0.147. The van der Waals surface area contributed by atoms with Crippen molar-refractivity contribution >= 4 is 15.9 Å². The number of halogens is 1. The van der Waals surface area contributed by atoms with E-state index in [1.807, 2.05) is 24.3 Å². The van der Waals surface area contributed by atoms with Crippen LogP contribution in [0.3, 0.4) is 0 Å². The average Bonchev–Trinajstić information content (AvgIpc) is 3.05. The van der Waals surface area contributed by atoms with Crippen LogP contribution in [0.25, 0.3) is 11.4 Å². The highest BCUT2D eigenvalue weighted by molar-refractivity contribution is 9.10. The Balaban J connectivity index is 2.00. The van der Waals surface area contributed by atoms with E-state index in [1.54, 1.807) is 6.08 Å². The zero-order valence-electron chi connectivity index (χ0n) is 14.5. The summed E-state index contributed by atoms with van der Waals surface area (Å²) in [6.07, 6.45) is 1.04. The molecule has 0 bridgehead atoms. The number of ether oxygens (including phenoxy) is 1. The molecule has 0 fully saturated rings. The van der Waals surface area contributed by atoms with Crippen molar-refractivity contribution in [2.45, 2.75) is 26.0 Å². The van der Waals surface area contributed by atoms with Gasteiger partial charge in [-0.15, -0.1) is 6.58 Å². The van der Waals surface area contributed by atoms with Crippen LogP contribution < -0.4 is 5.32 Å². The van der Waals surface area contributed by atoms with Gasteiger partial charge in [-0.2, -0.15) is 4.98 Å². The SMILES string of the molecule is C=CCOCC(O)CNC(c1nc(-c2ccc(Br)cc2)no1)C(C)C. The summed E-state index contributed by atoms with van der Waals surface area (Å²) >= 11 is 3.41. The molecule has 0 saturated carbocycles. The molecule has 136 valence electrons. The molecule has 1 heterocycles. The molecule has 2 rings (SSSR count). The molecule has 0 saturated heterocycles. The summed E-state index contributed by atoms with van der Waals surface area (Å²) in [6, 6.07) is 7.58. The van der Waals surface area contributed by atoms with E-state index < -0.39 is 6.10 Å². The van der Waals surface area contributed by atoms with Crippen molar-refractivity contribution in [3.8, 4) is 11.4 Å². The van der Waals surface area contributed by atoms with Crippen molar-refractivity contribution < 1.29 is 14.4 Å². The van der Waals surface area contributed by atoms with Gasteiger partial charge in [-0.25, -0.2) is 0 Å². The zero-order valence-corrected chi connectivity index (χ0v) is 16.1. The fourth-order valence-electron chi connectivity index (χ4n) is 2.30. The molecule has 2 atom stereocenters. The van der Waals surface area contributed by atoms with Crippen LogP contribution in [0.15, 0.2) is 45.9 Å². The molecule has 6 nitrogen and oxygen atoms in total. The van der Waals surface area contributed by atoms with Gasteiger partial charge in [0.05, 0.1) is 25.4 Å². The van der Waals surface area contributed by atoms with E-state index in [2.05, 4.69) is 51.8 Å². The smallest absolute Gasteiger partial charge is 0.244 e. The van der Waals surface area contributed by atoms with Crippen LogP contribution in [0.4, 0.5) is 0 Å². The van der Waals surface area contributed by atoms with Crippen LogP contribution in [0.5, 0.6) is 0 Å². The maximum atomic E-state index is 9.97. The second-order valence-corrected chi connectivity index (χ2v) is 6.99. The van der Waals surface area contributed by atoms with Gasteiger partial charge < -0.3 is 19.7 Å². The molecule has 2 unspecified atom stereocenters. The van der Waals surface area contributed by atoms with E-state index in [0.29, 0.717) is 24.9 Å². The summed E-state index contributed by atoms with van der Waals surface area (Å²) in [5.74, 6) is 1.27. The van der Waals surface area contributed by atoms with Crippen molar-refractivity contribution in [3.05, 3.63) is 47.3 Å². The lowest BCUT2D eigenvalue weighted by Crippen LogP contribution is -2.35. The van der Waals surface area contributed by atoms with Crippen LogP contribution in [0.1, 0.15) is 25.8 Å². The third-order valence-corrected chi connectivity index (χ3v) is 4.12. The molecule has 7 heteroatoms. The number of nitrogens with zero attached hydrogens (tertiary/aromatic N) is 2. The number of aliphatic hydroxyl groups is 1. The first-order valence-corrected chi connectivity index (χ1v) is 9.00. The Kier molecular flexibility index (Phi) is 7.77. The molecular weight excluding hydrogens is 386 g/mol. The van der Waals surface area contributed by atoms with Crippen LogP contribution in [-0.4, -0.2) is 41.1 Å². The molecule has 25 heavy (non-hydrogen) atoms. The Morgan fingerprint density at radius 2 is 2.08 bits per heavy atom. The highest BCUT2D eigenvalue weighted by atomic mass is 79.9. The van der Waals surface area contributed by atoms with Crippen LogP contribution in [0, 0.1) is 5.92 Å². The van der Waals surface area contributed by atoms with Crippen molar-refractivity contribution in [1.82, 2.24) is 15.5 Å². The number of aliphatic hydroxyl groups excluding tert-OH is 1. The Morgan fingerprint density at radius 1 is 1.36 bits per heavy atom. The van der Waals surface area contributed by atoms with Crippen molar-refractivity contribution in [2.75, 3.05) is 19.8 Å².